The average Bonchev–Trinajstić information content (AvgIpc) is 3.34. The lowest BCUT2D eigenvalue weighted by Crippen LogP contribution is -2.69. The van der Waals surface area contributed by atoms with Crippen molar-refractivity contribution in [2.24, 2.45) is 5.92 Å². The third-order valence-corrected chi connectivity index (χ3v) is 12.4. The van der Waals surface area contributed by atoms with Gasteiger partial charge in [-0.15, -0.1) is 11.3 Å². The first kappa shape index (κ1) is 33.2. The Labute approximate surface area is 294 Å². The molecule has 1 spiro atoms. The molecule has 2 aromatic carbocycles. The van der Waals surface area contributed by atoms with E-state index < -0.39 is 41.3 Å². The molecule has 3 saturated heterocycles. The summed E-state index contributed by atoms with van der Waals surface area (Å²) in [5, 5.41) is 10.4. The molecule has 262 valence electrons. The Kier molecular flexibility index (Phi) is 7.85. The van der Waals surface area contributed by atoms with E-state index in [9.17, 15) is 23.2 Å². The molecule has 1 saturated carbocycles. The van der Waals surface area contributed by atoms with E-state index in [2.05, 4.69) is 9.88 Å². The van der Waals surface area contributed by atoms with Gasteiger partial charge in [-0.2, -0.15) is 15.2 Å². The highest BCUT2D eigenvalue weighted by molar-refractivity contribution is 7.23. The quantitative estimate of drug-likeness (QED) is 0.212. The average molecular weight is 728 g/mol. The van der Waals surface area contributed by atoms with Crippen LogP contribution in [-0.2, 0) is 4.79 Å². The fourth-order valence-corrected chi connectivity index (χ4v) is 9.50. The second-order valence-corrected chi connectivity index (χ2v) is 15.5. The lowest BCUT2D eigenvalue weighted by molar-refractivity contribution is -0.152. The van der Waals surface area contributed by atoms with E-state index in [0.29, 0.717) is 50.1 Å². The van der Waals surface area contributed by atoms with Gasteiger partial charge in [-0.3, -0.25) is 9.69 Å². The van der Waals surface area contributed by atoms with Crippen LogP contribution in [0.5, 0.6) is 6.01 Å². The Morgan fingerprint density at radius 3 is 2.64 bits per heavy atom. The minimum absolute atomic E-state index is 0.0147. The number of alkyl halides is 2. The SMILES string of the molecule is C[C@H](Oc1nc(N2CCCC3(CCN3C(=O)C3CC3(F)F)C2)c2cc(Cl)c(-c3ccc(F)c4sc(N)c(C#N)c34)c(F)c2n1)C1CCCN1C. The number of nitrogens with two attached hydrogens (primary N) is 1. The summed E-state index contributed by atoms with van der Waals surface area (Å²) in [6.07, 6.45) is 3.11. The smallest absolute Gasteiger partial charge is 0.319 e. The largest absolute Gasteiger partial charge is 0.459 e. The summed E-state index contributed by atoms with van der Waals surface area (Å²) < 4.78 is 66.3. The Bertz CT molecular complexity index is 2120. The van der Waals surface area contributed by atoms with Crippen molar-refractivity contribution in [3.8, 4) is 23.2 Å². The number of hydrogen-bond donors (Lipinski definition) is 1. The molecule has 2 N–H and O–H groups in total. The number of nitrogens with zero attached hydrogens (tertiary/aromatic N) is 6. The zero-order chi connectivity index (χ0) is 35.3. The molecule has 4 fully saturated rings. The maximum atomic E-state index is 17.1. The standard InChI is InChI=1S/C35H34ClF4N7O2S/c1-17(24-5-3-10-45(24)2)49-33-43-28-19(13-22(36)26(27(28)38)18-6-7-23(37)29-25(18)20(15-41)30(42)50-29)31(44-33)46-11-4-8-34(16-46)9-12-47(34)32(48)21-14-35(21,39)40/h6-7,13,17,21,24H,3-5,8-12,14,16,42H2,1-2H3/t17-,21?,24?,34?/m0/s1. The number of amides is 1. The third-order valence-electron chi connectivity index (χ3n) is 11.1. The fraction of sp³-hybridized carbons (Fsp3) is 0.486. The zero-order valence-electron chi connectivity index (χ0n) is 27.4. The normalized spacial score (nSPS) is 25.2. The summed E-state index contributed by atoms with van der Waals surface area (Å²) in [5.41, 5.74) is 5.47. The number of hydrogen-bond acceptors (Lipinski definition) is 9. The minimum Gasteiger partial charge on any atom is -0.459 e. The number of likely N-dealkylation sites (N-methyl/N-ethyl adjacent to an activating group) is 1. The van der Waals surface area contributed by atoms with Crippen LogP contribution in [0.25, 0.3) is 32.1 Å². The van der Waals surface area contributed by atoms with Crippen LogP contribution >= 0.6 is 22.9 Å². The van der Waals surface area contributed by atoms with Gasteiger partial charge >= 0.3 is 6.01 Å². The Morgan fingerprint density at radius 1 is 1.20 bits per heavy atom. The number of nitriles is 1. The lowest BCUT2D eigenvalue weighted by atomic mass is 9.77. The molecule has 1 amide bonds. The summed E-state index contributed by atoms with van der Waals surface area (Å²) in [6.45, 7) is 4.06. The molecule has 0 radical (unpaired) electrons. The van der Waals surface area contributed by atoms with Gasteiger partial charge in [0.2, 0.25) is 5.91 Å². The number of fused-ring (bicyclic) bond motifs is 2. The number of benzene rings is 2. The molecule has 1 aliphatic carbocycles. The number of carbonyl (C=O) groups is 1. The molecular formula is C35H34ClF4N7O2S. The molecule has 15 heteroatoms. The van der Waals surface area contributed by atoms with Crippen LogP contribution in [0.3, 0.4) is 0 Å². The number of nitrogen functional groups attached to an aromatic ring is 1. The Hall–Kier alpha value is -3.93. The van der Waals surface area contributed by atoms with Crippen LogP contribution in [0.4, 0.5) is 28.4 Å². The van der Waals surface area contributed by atoms with Crippen molar-refractivity contribution in [1.82, 2.24) is 19.8 Å². The number of likely N-dealkylation sites (tertiary alicyclic amines) is 2. The van der Waals surface area contributed by atoms with Crippen molar-refractivity contribution in [2.75, 3.05) is 43.9 Å². The molecule has 3 unspecified atom stereocenters. The summed E-state index contributed by atoms with van der Waals surface area (Å²) in [6, 6.07) is 6.17. The molecule has 50 heavy (non-hydrogen) atoms. The number of thiophene rings is 1. The van der Waals surface area contributed by atoms with Gasteiger partial charge in [-0.25, -0.2) is 17.6 Å². The number of rotatable bonds is 6. The summed E-state index contributed by atoms with van der Waals surface area (Å²) in [4.78, 5) is 28.3. The number of aromatic nitrogens is 2. The van der Waals surface area contributed by atoms with E-state index in [4.69, 9.17) is 27.1 Å². The predicted octanol–water partition coefficient (Wildman–Crippen LogP) is 6.98. The summed E-state index contributed by atoms with van der Waals surface area (Å²) in [7, 11) is 2.02. The van der Waals surface area contributed by atoms with E-state index in [1.54, 1.807) is 11.0 Å². The van der Waals surface area contributed by atoms with Crippen molar-refractivity contribution in [3.63, 3.8) is 0 Å². The first-order chi connectivity index (χ1) is 23.8. The molecule has 9 nitrogen and oxygen atoms in total. The van der Waals surface area contributed by atoms with Crippen molar-refractivity contribution in [2.45, 2.75) is 69.1 Å². The molecule has 0 bridgehead atoms. The van der Waals surface area contributed by atoms with E-state index in [-0.39, 0.29) is 60.5 Å². The second kappa shape index (κ2) is 11.8. The highest BCUT2D eigenvalue weighted by Crippen LogP contribution is 2.53. The van der Waals surface area contributed by atoms with Crippen molar-refractivity contribution in [3.05, 3.63) is 40.4 Å². The second-order valence-electron chi connectivity index (χ2n) is 14.0. The van der Waals surface area contributed by atoms with Crippen LogP contribution in [0, 0.1) is 28.9 Å². The van der Waals surface area contributed by atoms with Gasteiger partial charge in [0.15, 0.2) is 5.82 Å². The predicted molar refractivity (Wildman–Crippen MR) is 184 cm³/mol. The molecule has 4 atom stereocenters. The van der Waals surface area contributed by atoms with Crippen molar-refractivity contribution >= 4 is 60.7 Å². The molecule has 2 aromatic heterocycles. The summed E-state index contributed by atoms with van der Waals surface area (Å²) >= 11 is 7.77. The van der Waals surface area contributed by atoms with Crippen molar-refractivity contribution < 1.29 is 27.1 Å². The number of halogens is 5. The molecule has 4 aromatic rings. The van der Waals surface area contributed by atoms with Gasteiger partial charge in [0, 0.05) is 48.4 Å². The number of carbonyl (C=O) groups excluding carboxylic acids is 1. The number of piperidine rings is 1. The van der Waals surface area contributed by atoms with Gasteiger partial charge < -0.3 is 20.3 Å². The van der Waals surface area contributed by atoms with Gasteiger partial charge in [0.1, 0.15) is 40.2 Å². The third kappa shape index (κ3) is 5.14. The van der Waals surface area contributed by atoms with E-state index in [1.807, 2.05) is 24.9 Å². The molecule has 4 aliphatic rings. The van der Waals surface area contributed by atoms with E-state index in [0.717, 1.165) is 30.7 Å². The number of ether oxygens (including phenoxy) is 1. The van der Waals surface area contributed by atoms with Crippen LogP contribution in [-0.4, -0.2) is 82.5 Å². The van der Waals surface area contributed by atoms with Crippen LogP contribution < -0.4 is 15.4 Å². The van der Waals surface area contributed by atoms with Crippen LogP contribution in [0.1, 0.15) is 51.0 Å². The number of anilines is 2. The van der Waals surface area contributed by atoms with Gasteiger partial charge in [-0.05, 0) is 70.3 Å². The molecule has 3 aliphatic heterocycles. The highest BCUT2D eigenvalue weighted by atomic mass is 35.5. The first-order valence-corrected chi connectivity index (χ1v) is 17.9. The Balaban J connectivity index is 1.26. The monoisotopic (exact) mass is 727 g/mol. The first-order valence-electron chi connectivity index (χ1n) is 16.8. The van der Waals surface area contributed by atoms with Gasteiger partial charge in [-0.1, -0.05) is 17.7 Å². The van der Waals surface area contributed by atoms with Gasteiger partial charge in [0.05, 0.1) is 20.8 Å². The highest BCUT2D eigenvalue weighted by Gasteiger charge is 2.65. The van der Waals surface area contributed by atoms with E-state index in [1.165, 1.54) is 12.1 Å². The summed E-state index contributed by atoms with van der Waals surface area (Å²) in [5.74, 6) is -5.83. The molecule has 5 heterocycles. The lowest BCUT2D eigenvalue weighted by Gasteiger charge is -2.57. The maximum Gasteiger partial charge on any atom is 0.319 e. The zero-order valence-corrected chi connectivity index (χ0v) is 29.0. The molecule has 8 rings (SSSR count). The van der Waals surface area contributed by atoms with Crippen LogP contribution in [0.15, 0.2) is 18.2 Å². The minimum atomic E-state index is -2.97. The van der Waals surface area contributed by atoms with Crippen LogP contribution in [0.2, 0.25) is 5.02 Å². The maximum absolute atomic E-state index is 17.1. The Morgan fingerprint density at radius 2 is 1.98 bits per heavy atom. The van der Waals surface area contributed by atoms with Gasteiger partial charge in [0.25, 0.3) is 5.92 Å². The topological polar surface area (TPSA) is 112 Å². The van der Waals surface area contributed by atoms with Crippen molar-refractivity contribution in [1.29, 1.82) is 5.26 Å². The van der Waals surface area contributed by atoms with E-state index >= 15 is 4.39 Å². The fourth-order valence-electron chi connectivity index (χ4n) is 8.25. The molecular weight excluding hydrogens is 694 g/mol.